The van der Waals surface area contributed by atoms with Gasteiger partial charge in [-0.2, -0.15) is 0 Å². The molecule has 0 unspecified atom stereocenters. The number of rotatable bonds is 6. The highest BCUT2D eigenvalue weighted by atomic mass is 16.5. The first kappa shape index (κ1) is 20.4. The first-order valence-corrected chi connectivity index (χ1v) is 11.3. The number of nitrogens with zero attached hydrogens (tertiary/aromatic N) is 2. The Morgan fingerprint density at radius 3 is 2.81 bits per heavy atom. The van der Waals surface area contributed by atoms with Crippen molar-refractivity contribution in [1.29, 1.82) is 0 Å². The average molecular weight is 420 g/mol. The van der Waals surface area contributed by atoms with Gasteiger partial charge in [0.25, 0.3) is 0 Å². The van der Waals surface area contributed by atoms with Crippen LogP contribution in [0.25, 0.3) is 11.0 Å². The van der Waals surface area contributed by atoms with Gasteiger partial charge in [0.1, 0.15) is 0 Å². The molecule has 6 nitrogen and oxygen atoms in total. The van der Waals surface area contributed by atoms with Crippen LogP contribution in [0.15, 0.2) is 48.8 Å². The van der Waals surface area contributed by atoms with E-state index in [1.807, 2.05) is 36.7 Å². The number of carbonyl (C=O) groups excluding carboxylic acids is 1. The minimum atomic E-state index is -0.559. The zero-order valence-electron chi connectivity index (χ0n) is 17.7. The Labute approximate surface area is 182 Å². The normalized spacial score (nSPS) is 20.5. The molecule has 1 aromatic heterocycles. The summed E-state index contributed by atoms with van der Waals surface area (Å²) in [6.45, 7) is 2.29. The van der Waals surface area contributed by atoms with Crippen molar-refractivity contribution in [3.63, 3.8) is 0 Å². The molecule has 0 bridgehead atoms. The maximum atomic E-state index is 13.0. The fraction of sp³-hybridized carbons (Fsp3) is 0.440. The number of ketones is 1. The summed E-state index contributed by atoms with van der Waals surface area (Å²) in [6.07, 6.45) is 4.77. The molecule has 0 saturated carbocycles. The van der Waals surface area contributed by atoms with Crippen molar-refractivity contribution in [1.82, 2.24) is 14.9 Å². The van der Waals surface area contributed by atoms with Crippen LogP contribution in [0.1, 0.15) is 53.2 Å². The number of para-hydroxylation sites is 1. The van der Waals surface area contributed by atoms with E-state index in [1.54, 1.807) is 0 Å². The van der Waals surface area contributed by atoms with E-state index in [4.69, 9.17) is 4.74 Å². The third kappa shape index (κ3) is 4.15. The Bertz CT molecular complexity index is 1070. The van der Waals surface area contributed by atoms with Gasteiger partial charge >= 0.3 is 0 Å². The van der Waals surface area contributed by atoms with Crippen molar-refractivity contribution in [3.05, 3.63) is 65.5 Å². The third-order valence-electron chi connectivity index (χ3n) is 6.73. The number of hydrogen-bond donors (Lipinski definition) is 2. The van der Waals surface area contributed by atoms with Gasteiger partial charge in [-0.25, -0.2) is 4.98 Å². The van der Waals surface area contributed by atoms with Gasteiger partial charge in [0.15, 0.2) is 5.78 Å². The quantitative estimate of drug-likeness (QED) is 0.599. The number of Topliss-reactive ketones (excluding diaryl/α,β-unsaturated/α-hetero) is 1. The van der Waals surface area contributed by atoms with Crippen LogP contribution >= 0.6 is 0 Å². The van der Waals surface area contributed by atoms with Crippen LogP contribution in [0.3, 0.4) is 0 Å². The Balaban J connectivity index is 1.26. The topological polar surface area (TPSA) is 76.4 Å². The summed E-state index contributed by atoms with van der Waals surface area (Å²) in [5.74, 6) is 0.0399. The van der Waals surface area contributed by atoms with E-state index in [1.165, 1.54) is 11.1 Å². The standard InChI is InChI=1S/C25H29N3O3/c29-23(8-9-24(30)21-14-17-4-1-2-5-18(17)15-26-21)20-6-3-7-22-25(20)27-16-28(22)19-10-12-31-13-11-19/h1-7,16,19,21,24,26,30H,8-15H2/t21-,24+/m0/s1. The molecule has 0 radical (unpaired) electrons. The average Bonchev–Trinajstić information content (AvgIpc) is 3.27. The number of imidazole rings is 1. The number of fused-ring (bicyclic) bond motifs is 2. The molecule has 6 heteroatoms. The lowest BCUT2D eigenvalue weighted by atomic mass is 9.90. The largest absolute Gasteiger partial charge is 0.391 e. The number of aromatic nitrogens is 2. The van der Waals surface area contributed by atoms with Crippen molar-refractivity contribution < 1.29 is 14.6 Å². The molecule has 2 atom stereocenters. The van der Waals surface area contributed by atoms with Crippen LogP contribution in [0, 0.1) is 0 Å². The Morgan fingerprint density at radius 2 is 1.97 bits per heavy atom. The lowest BCUT2D eigenvalue weighted by Gasteiger charge is -2.29. The predicted octanol–water partition coefficient (Wildman–Crippen LogP) is 3.43. The highest BCUT2D eigenvalue weighted by Gasteiger charge is 2.25. The van der Waals surface area contributed by atoms with Crippen molar-refractivity contribution in [2.75, 3.05) is 13.2 Å². The molecule has 2 aliphatic heterocycles. The van der Waals surface area contributed by atoms with Gasteiger partial charge in [-0.15, -0.1) is 0 Å². The van der Waals surface area contributed by atoms with E-state index in [0.717, 1.165) is 50.1 Å². The van der Waals surface area contributed by atoms with E-state index in [2.05, 4.69) is 27.0 Å². The number of carbonyl (C=O) groups is 1. The monoisotopic (exact) mass is 419 g/mol. The first-order chi connectivity index (χ1) is 15.2. The fourth-order valence-corrected chi connectivity index (χ4v) is 4.90. The number of benzene rings is 2. The van der Waals surface area contributed by atoms with Gasteiger partial charge in [0, 0.05) is 43.8 Å². The maximum absolute atomic E-state index is 13.0. The Morgan fingerprint density at radius 1 is 1.16 bits per heavy atom. The molecule has 5 rings (SSSR count). The molecular formula is C25H29N3O3. The van der Waals surface area contributed by atoms with E-state index in [-0.39, 0.29) is 11.8 Å². The molecule has 2 N–H and O–H groups in total. The van der Waals surface area contributed by atoms with Gasteiger partial charge < -0.3 is 19.7 Å². The van der Waals surface area contributed by atoms with Crippen LogP contribution in [0.5, 0.6) is 0 Å². The maximum Gasteiger partial charge on any atom is 0.165 e. The molecule has 0 aliphatic carbocycles. The van der Waals surface area contributed by atoms with E-state index >= 15 is 0 Å². The van der Waals surface area contributed by atoms with Crippen LogP contribution < -0.4 is 5.32 Å². The molecule has 0 spiro atoms. The van der Waals surface area contributed by atoms with Gasteiger partial charge in [-0.05, 0) is 48.9 Å². The lowest BCUT2D eigenvalue weighted by molar-refractivity contribution is 0.0706. The molecule has 162 valence electrons. The molecule has 0 amide bonds. The first-order valence-electron chi connectivity index (χ1n) is 11.3. The van der Waals surface area contributed by atoms with Crippen molar-refractivity contribution in [2.24, 2.45) is 0 Å². The predicted molar refractivity (Wildman–Crippen MR) is 119 cm³/mol. The van der Waals surface area contributed by atoms with Crippen LogP contribution in [-0.2, 0) is 17.7 Å². The number of ether oxygens (including phenoxy) is 1. The molecular weight excluding hydrogens is 390 g/mol. The third-order valence-corrected chi connectivity index (χ3v) is 6.73. The van der Waals surface area contributed by atoms with Crippen molar-refractivity contribution in [2.45, 2.75) is 56.8 Å². The zero-order valence-corrected chi connectivity index (χ0v) is 17.7. The highest BCUT2D eigenvalue weighted by Crippen LogP contribution is 2.28. The second-order valence-corrected chi connectivity index (χ2v) is 8.66. The number of aliphatic hydroxyl groups excluding tert-OH is 1. The minimum absolute atomic E-state index is 0.0220. The van der Waals surface area contributed by atoms with Gasteiger partial charge in [-0.3, -0.25) is 4.79 Å². The summed E-state index contributed by atoms with van der Waals surface area (Å²) in [4.78, 5) is 17.6. The lowest BCUT2D eigenvalue weighted by Crippen LogP contribution is -2.44. The number of nitrogens with one attached hydrogen (secondary N) is 1. The molecule has 3 aromatic rings. The smallest absolute Gasteiger partial charge is 0.165 e. The molecule has 31 heavy (non-hydrogen) atoms. The summed E-state index contributed by atoms with van der Waals surface area (Å²) < 4.78 is 7.67. The van der Waals surface area contributed by atoms with Crippen LogP contribution in [0.2, 0.25) is 0 Å². The van der Waals surface area contributed by atoms with E-state index < -0.39 is 6.10 Å². The SMILES string of the molecule is O=C(CC[C@@H](O)[C@@H]1Cc2ccccc2CN1)c1cccc2c1ncn2C1CCOCC1. The summed E-state index contributed by atoms with van der Waals surface area (Å²) in [5, 5.41) is 14.2. The molecule has 1 fully saturated rings. The minimum Gasteiger partial charge on any atom is -0.391 e. The van der Waals surface area contributed by atoms with Crippen molar-refractivity contribution in [3.8, 4) is 0 Å². The summed E-state index contributed by atoms with van der Waals surface area (Å²) in [7, 11) is 0. The van der Waals surface area contributed by atoms with Gasteiger partial charge in [0.05, 0.1) is 23.5 Å². The Kier molecular flexibility index (Phi) is 5.85. The summed E-state index contributed by atoms with van der Waals surface area (Å²) in [5.41, 5.74) is 4.98. The molecule has 2 aromatic carbocycles. The van der Waals surface area contributed by atoms with Gasteiger partial charge in [-0.1, -0.05) is 30.3 Å². The zero-order chi connectivity index (χ0) is 21.2. The fourth-order valence-electron chi connectivity index (χ4n) is 4.90. The second kappa shape index (κ2) is 8.91. The number of aliphatic hydroxyl groups is 1. The molecule has 2 aliphatic rings. The Hall–Kier alpha value is -2.54. The highest BCUT2D eigenvalue weighted by molar-refractivity contribution is 6.06. The molecule has 3 heterocycles. The second-order valence-electron chi connectivity index (χ2n) is 8.66. The van der Waals surface area contributed by atoms with Crippen LogP contribution in [-0.4, -0.2) is 45.8 Å². The summed E-state index contributed by atoms with van der Waals surface area (Å²) in [6, 6.07) is 14.5. The van der Waals surface area contributed by atoms with Crippen LogP contribution in [0.4, 0.5) is 0 Å². The van der Waals surface area contributed by atoms with E-state index in [9.17, 15) is 9.90 Å². The van der Waals surface area contributed by atoms with Crippen molar-refractivity contribution >= 4 is 16.8 Å². The van der Waals surface area contributed by atoms with Gasteiger partial charge in [0.2, 0.25) is 0 Å². The molecule has 1 saturated heterocycles. The van der Waals surface area contributed by atoms with E-state index in [0.29, 0.717) is 24.4 Å². The number of hydrogen-bond acceptors (Lipinski definition) is 5. The summed E-state index contributed by atoms with van der Waals surface area (Å²) >= 11 is 0.